The quantitative estimate of drug-likeness (QED) is 0.768. The van der Waals surface area contributed by atoms with E-state index in [-0.39, 0.29) is 0 Å². The van der Waals surface area contributed by atoms with E-state index >= 15 is 0 Å². The molecular formula is C9H11ClN2O2S. The van der Waals surface area contributed by atoms with Gasteiger partial charge in [-0.05, 0) is 11.6 Å². The van der Waals surface area contributed by atoms with E-state index < -0.39 is 12.0 Å². The molecule has 0 aromatic carbocycles. The van der Waals surface area contributed by atoms with Gasteiger partial charge in [-0.3, -0.25) is 4.79 Å². The molecule has 0 fully saturated rings. The van der Waals surface area contributed by atoms with Gasteiger partial charge < -0.3 is 10.8 Å². The highest BCUT2D eigenvalue weighted by Crippen LogP contribution is 2.13. The van der Waals surface area contributed by atoms with Gasteiger partial charge in [0.15, 0.2) is 0 Å². The van der Waals surface area contributed by atoms with E-state index in [9.17, 15) is 4.79 Å². The SMILES string of the molecule is N[C@H](CSCc1ccc(Cl)nc1)C(=O)O. The molecule has 0 saturated heterocycles. The molecule has 6 heteroatoms. The summed E-state index contributed by atoms with van der Waals surface area (Å²) >= 11 is 7.08. The van der Waals surface area contributed by atoms with Crippen LogP contribution in [0.5, 0.6) is 0 Å². The number of carbonyl (C=O) groups is 1. The molecule has 0 amide bonds. The van der Waals surface area contributed by atoms with Gasteiger partial charge >= 0.3 is 5.97 Å². The van der Waals surface area contributed by atoms with Crippen LogP contribution < -0.4 is 5.73 Å². The zero-order chi connectivity index (χ0) is 11.3. The molecule has 1 heterocycles. The summed E-state index contributed by atoms with van der Waals surface area (Å²) in [6.45, 7) is 0. The molecule has 0 saturated carbocycles. The van der Waals surface area contributed by atoms with Crippen molar-refractivity contribution in [1.82, 2.24) is 4.98 Å². The summed E-state index contributed by atoms with van der Waals surface area (Å²) in [4.78, 5) is 14.3. The maximum Gasteiger partial charge on any atom is 0.321 e. The summed E-state index contributed by atoms with van der Waals surface area (Å²) in [5.41, 5.74) is 6.35. The van der Waals surface area contributed by atoms with Gasteiger partial charge in [-0.2, -0.15) is 11.8 Å². The first kappa shape index (κ1) is 12.3. The summed E-state index contributed by atoms with van der Waals surface area (Å²) in [6, 6.07) is 2.75. The summed E-state index contributed by atoms with van der Waals surface area (Å²) < 4.78 is 0. The van der Waals surface area contributed by atoms with E-state index in [4.69, 9.17) is 22.4 Å². The monoisotopic (exact) mass is 246 g/mol. The van der Waals surface area contributed by atoms with Crippen LogP contribution in [-0.4, -0.2) is 27.9 Å². The molecule has 3 N–H and O–H groups in total. The second-order valence-corrected chi connectivity index (χ2v) is 4.37. The Balaban J connectivity index is 2.32. The number of carboxylic acids is 1. The van der Waals surface area contributed by atoms with Gasteiger partial charge in [-0.1, -0.05) is 17.7 Å². The Bertz CT molecular complexity index is 331. The average molecular weight is 247 g/mol. The van der Waals surface area contributed by atoms with Crippen molar-refractivity contribution in [3.63, 3.8) is 0 Å². The highest BCUT2D eigenvalue weighted by molar-refractivity contribution is 7.98. The Kier molecular flexibility index (Phi) is 4.87. The second kappa shape index (κ2) is 5.95. The number of pyridine rings is 1. The lowest BCUT2D eigenvalue weighted by molar-refractivity contribution is -0.137. The number of aliphatic carboxylic acids is 1. The molecule has 1 rings (SSSR count). The van der Waals surface area contributed by atoms with Crippen molar-refractivity contribution in [3.8, 4) is 0 Å². The van der Waals surface area contributed by atoms with Crippen molar-refractivity contribution in [1.29, 1.82) is 0 Å². The fourth-order valence-corrected chi connectivity index (χ4v) is 1.90. The minimum Gasteiger partial charge on any atom is -0.480 e. The molecule has 82 valence electrons. The van der Waals surface area contributed by atoms with Crippen LogP contribution in [0.25, 0.3) is 0 Å². The lowest BCUT2D eigenvalue weighted by atomic mass is 10.3. The van der Waals surface area contributed by atoms with Gasteiger partial charge in [-0.15, -0.1) is 0 Å². The third-order valence-electron chi connectivity index (χ3n) is 1.67. The van der Waals surface area contributed by atoms with Crippen LogP contribution >= 0.6 is 23.4 Å². The number of halogens is 1. The Hall–Kier alpha value is -0.780. The van der Waals surface area contributed by atoms with Crippen LogP contribution in [0.2, 0.25) is 5.15 Å². The molecule has 15 heavy (non-hydrogen) atoms. The highest BCUT2D eigenvalue weighted by Gasteiger charge is 2.10. The van der Waals surface area contributed by atoms with Gasteiger partial charge in [-0.25, -0.2) is 4.98 Å². The number of nitrogens with zero attached hydrogens (tertiary/aromatic N) is 1. The lowest BCUT2D eigenvalue weighted by Crippen LogP contribution is -2.32. The second-order valence-electron chi connectivity index (χ2n) is 2.95. The molecule has 1 atom stereocenters. The third kappa shape index (κ3) is 4.51. The van der Waals surface area contributed by atoms with Crippen molar-refractivity contribution < 1.29 is 9.90 Å². The van der Waals surface area contributed by atoms with Crippen molar-refractivity contribution in [2.24, 2.45) is 5.73 Å². The third-order valence-corrected chi connectivity index (χ3v) is 3.03. The maximum atomic E-state index is 10.4. The van der Waals surface area contributed by atoms with Crippen molar-refractivity contribution in [2.75, 3.05) is 5.75 Å². The lowest BCUT2D eigenvalue weighted by Gasteiger charge is -2.05. The van der Waals surface area contributed by atoms with Crippen LogP contribution in [0.4, 0.5) is 0 Å². The van der Waals surface area contributed by atoms with Crippen LogP contribution in [-0.2, 0) is 10.5 Å². The zero-order valence-corrected chi connectivity index (χ0v) is 9.46. The molecule has 0 unspecified atom stereocenters. The first-order valence-corrected chi connectivity index (χ1v) is 5.79. The number of aromatic nitrogens is 1. The minimum atomic E-state index is -0.975. The molecule has 1 aromatic heterocycles. The molecule has 0 bridgehead atoms. The normalized spacial score (nSPS) is 12.4. The largest absolute Gasteiger partial charge is 0.480 e. The van der Waals surface area contributed by atoms with E-state index in [1.165, 1.54) is 11.8 Å². The molecule has 1 aromatic rings. The van der Waals surface area contributed by atoms with Crippen LogP contribution in [0, 0.1) is 0 Å². The van der Waals surface area contributed by atoms with Crippen LogP contribution in [0.15, 0.2) is 18.3 Å². The van der Waals surface area contributed by atoms with Crippen LogP contribution in [0.1, 0.15) is 5.56 Å². The standard InChI is InChI=1S/C9H11ClN2O2S/c10-8-2-1-6(3-12-8)4-15-5-7(11)9(13)14/h1-3,7H,4-5,11H2,(H,13,14)/t7-/m1/s1. The number of carboxylic acid groups (broad SMARTS) is 1. The van der Waals surface area contributed by atoms with Crippen molar-refractivity contribution in [3.05, 3.63) is 29.0 Å². The predicted molar refractivity (Wildman–Crippen MR) is 61.0 cm³/mol. The van der Waals surface area contributed by atoms with Crippen molar-refractivity contribution in [2.45, 2.75) is 11.8 Å². The number of hydrogen-bond acceptors (Lipinski definition) is 4. The van der Waals surface area contributed by atoms with E-state index in [0.29, 0.717) is 16.7 Å². The molecule has 4 nitrogen and oxygen atoms in total. The van der Waals surface area contributed by atoms with E-state index in [1.807, 2.05) is 6.07 Å². The maximum absolute atomic E-state index is 10.4. The Morgan fingerprint density at radius 2 is 2.40 bits per heavy atom. The summed E-state index contributed by atoms with van der Waals surface area (Å²) in [5, 5.41) is 9.00. The molecule has 0 aliphatic heterocycles. The summed E-state index contributed by atoms with van der Waals surface area (Å²) in [6.07, 6.45) is 1.67. The summed E-state index contributed by atoms with van der Waals surface area (Å²) in [5.74, 6) is 0.0973. The molecular weight excluding hydrogens is 236 g/mol. The molecule has 0 aliphatic carbocycles. The average Bonchev–Trinajstić information content (AvgIpc) is 2.20. The fraction of sp³-hybridized carbons (Fsp3) is 0.333. The molecule has 0 aliphatic rings. The highest BCUT2D eigenvalue weighted by atomic mass is 35.5. The van der Waals surface area contributed by atoms with E-state index in [2.05, 4.69) is 4.98 Å². The summed E-state index contributed by atoms with van der Waals surface area (Å²) in [7, 11) is 0. The zero-order valence-electron chi connectivity index (χ0n) is 7.89. The topological polar surface area (TPSA) is 76.2 Å². The van der Waals surface area contributed by atoms with Gasteiger partial charge in [0, 0.05) is 17.7 Å². The molecule has 0 spiro atoms. The van der Waals surface area contributed by atoms with Gasteiger partial charge in [0.2, 0.25) is 0 Å². The fourth-order valence-electron chi connectivity index (χ4n) is 0.867. The smallest absolute Gasteiger partial charge is 0.321 e. The minimum absolute atomic E-state index is 0.387. The van der Waals surface area contributed by atoms with E-state index in [1.54, 1.807) is 12.3 Å². The van der Waals surface area contributed by atoms with Gasteiger partial charge in [0.1, 0.15) is 11.2 Å². The number of rotatable bonds is 5. The first-order valence-electron chi connectivity index (χ1n) is 4.26. The van der Waals surface area contributed by atoms with E-state index in [0.717, 1.165) is 5.56 Å². The van der Waals surface area contributed by atoms with Gasteiger partial charge in [0.05, 0.1) is 0 Å². The van der Waals surface area contributed by atoms with Crippen molar-refractivity contribution >= 4 is 29.3 Å². The number of hydrogen-bond donors (Lipinski definition) is 2. The number of nitrogens with two attached hydrogens (primary N) is 1. The predicted octanol–water partition coefficient (Wildman–Crippen LogP) is 1.38. The Morgan fingerprint density at radius 1 is 1.67 bits per heavy atom. The Morgan fingerprint density at radius 3 is 2.93 bits per heavy atom. The van der Waals surface area contributed by atoms with Crippen LogP contribution in [0.3, 0.4) is 0 Å². The first-order chi connectivity index (χ1) is 7.09. The Labute approximate surface area is 96.8 Å². The number of thioether (sulfide) groups is 1. The molecule has 0 radical (unpaired) electrons. The van der Waals surface area contributed by atoms with Gasteiger partial charge in [0.25, 0.3) is 0 Å².